The van der Waals surface area contributed by atoms with Crippen molar-refractivity contribution in [2.24, 2.45) is 0 Å². The summed E-state index contributed by atoms with van der Waals surface area (Å²) < 4.78 is 27.7. The molecule has 1 atom stereocenters. The first-order valence-corrected chi connectivity index (χ1v) is 6.56. The predicted octanol–water partition coefficient (Wildman–Crippen LogP) is -0.129. The van der Waals surface area contributed by atoms with Crippen LogP contribution in [0.5, 0.6) is 0 Å². The molecule has 0 aliphatic carbocycles. The van der Waals surface area contributed by atoms with Crippen LogP contribution in [0.15, 0.2) is 11.2 Å². The van der Waals surface area contributed by atoms with Crippen LogP contribution in [-0.2, 0) is 16.6 Å². The smallest absolute Gasteiger partial charge is 0.259 e. The van der Waals surface area contributed by atoms with Crippen LogP contribution in [0.1, 0.15) is 19.7 Å². The summed E-state index contributed by atoms with van der Waals surface area (Å²) >= 11 is 0. The SMILES string of the molecule is CCn1cc(S(=O)(=O)NC(C)CO)nc1C. The van der Waals surface area contributed by atoms with Crippen LogP contribution >= 0.6 is 0 Å². The Hall–Kier alpha value is -0.920. The van der Waals surface area contributed by atoms with Crippen molar-refractivity contribution in [2.75, 3.05) is 6.61 Å². The normalized spacial score (nSPS) is 14.0. The summed E-state index contributed by atoms with van der Waals surface area (Å²) in [4.78, 5) is 3.97. The highest BCUT2D eigenvalue weighted by atomic mass is 32.2. The number of aromatic nitrogens is 2. The van der Waals surface area contributed by atoms with E-state index in [9.17, 15) is 8.42 Å². The third-order valence-corrected chi connectivity index (χ3v) is 3.66. The largest absolute Gasteiger partial charge is 0.395 e. The molecule has 16 heavy (non-hydrogen) atoms. The minimum Gasteiger partial charge on any atom is -0.395 e. The molecule has 1 aromatic rings. The molecule has 0 fully saturated rings. The van der Waals surface area contributed by atoms with E-state index in [1.54, 1.807) is 18.4 Å². The number of hydrogen-bond donors (Lipinski definition) is 2. The van der Waals surface area contributed by atoms with Gasteiger partial charge in [0.1, 0.15) is 5.82 Å². The van der Waals surface area contributed by atoms with Gasteiger partial charge in [0.15, 0.2) is 5.03 Å². The number of imidazole rings is 1. The lowest BCUT2D eigenvalue weighted by atomic mass is 10.4. The lowest BCUT2D eigenvalue weighted by molar-refractivity contribution is 0.265. The lowest BCUT2D eigenvalue weighted by Gasteiger charge is -2.09. The molecule has 0 amide bonds. The third-order valence-electron chi connectivity index (χ3n) is 2.20. The van der Waals surface area contributed by atoms with Crippen LogP contribution in [0.4, 0.5) is 0 Å². The fourth-order valence-electron chi connectivity index (χ4n) is 1.29. The molecule has 0 aliphatic heterocycles. The molecule has 0 bridgehead atoms. The van der Waals surface area contributed by atoms with E-state index < -0.39 is 16.1 Å². The number of nitrogens with one attached hydrogen (secondary N) is 1. The summed E-state index contributed by atoms with van der Waals surface area (Å²) in [6, 6.07) is -0.517. The van der Waals surface area contributed by atoms with Gasteiger partial charge in [-0.1, -0.05) is 0 Å². The molecule has 1 unspecified atom stereocenters. The van der Waals surface area contributed by atoms with Gasteiger partial charge in [0, 0.05) is 18.8 Å². The van der Waals surface area contributed by atoms with Gasteiger partial charge in [-0.2, -0.15) is 0 Å². The first-order valence-electron chi connectivity index (χ1n) is 5.07. The van der Waals surface area contributed by atoms with E-state index in [1.165, 1.54) is 6.20 Å². The minimum absolute atomic E-state index is 0.00727. The number of aliphatic hydroxyl groups is 1. The molecule has 1 aromatic heterocycles. The van der Waals surface area contributed by atoms with Gasteiger partial charge in [0.05, 0.1) is 6.61 Å². The average molecular weight is 247 g/mol. The van der Waals surface area contributed by atoms with Gasteiger partial charge in [-0.05, 0) is 20.8 Å². The Kier molecular flexibility index (Phi) is 4.06. The van der Waals surface area contributed by atoms with Gasteiger partial charge in [-0.25, -0.2) is 18.1 Å². The van der Waals surface area contributed by atoms with Crippen LogP contribution in [0.3, 0.4) is 0 Å². The van der Waals surface area contributed by atoms with Crippen molar-refractivity contribution < 1.29 is 13.5 Å². The number of rotatable bonds is 5. The molecule has 6 nitrogen and oxygen atoms in total. The summed E-state index contributed by atoms with van der Waals surface area (Å²) in [6.07, 6.45) is 1.49. The number of aryl methyl sites for hydroxylation is 2. The van der Waals surface area contributed by atoms with Crippen LogP contribution in [0, 0.1) is 6.92 Å². The van der Waals surface area contributed by atoms with Gasteiger partial charge in [0.2, 0.25) is 0 Å². The molecule has 92 valence electrons. The topological polar surface area (TPSA) is 84.2 Å². The quantitative estimate of drug-likeness (QED) is 0.759. The van der Waals surface area contributed by atoms with Gasteiger partial charge in [0.25, 0.3) is 10.0 Å². The highest BCUT2D eigenvalue weighted by Gasteiger charge is 2.20. The molecule has 0 aliphatic rings. The third kappa shape index (κ3) is 2.81. The Balaban J connectivity index is 2.98. The second-order valence-corrected chi connectivity index (χ2v) is 5.28. The molecule has 0 radical (unpaired) electrons. The monoisotopic (exact) mass is 247 g/mol. The van der Waals surface area contributed by atoms with Crippen molar-refractivity contribution in [1.29, 1.82) is 0 Å². The van der Waals surface area contributed by atoms with Crippen LogP contribution in [-0.4, -0.2) is 35.7 Å². The van der Waals surface area contributed by atoms with Crippen LogP contribution in [0.25, 0.3) is 0 Å². The summed E-state index contributed by atoms with van der Waals surface area (Å²) in [7, 11) is -3.63. The van der Waals surface area contributed by atoms with E-state index in [2.05, 4.69) is 9.71 Å². The van der Waals surface area contributed by atoms with Gasteiger partial charge in [-0.15, -0.1) is 0 Å². The standard InChI is InChI=1S/C9H17N3O3S/c1-4-12-5-9(10-8(12)3)16(14,15)11-7(2)6-13/h5,7,11,13H,4,6H2,1-3H3. The van der Waals surface area contributed by atoms with E-state index in [-0.39, 0.29) is 11.6 Å². The van der Waals surface area contributed by atoms with Crippen molar-refractivity contribution in [2.45, 2.75) is 38.4 Å². The zero-order valence-corrected chi connectivity index (χ0v) is 10.5. The fraction of sp³-hybridized carbons (Fsp3) is 0.667. The van der Waals surface area contributed by atoms with Crippen molar-refractivity contribution in [3.63, 3.8) is 0 Å². The maximum Gasteiger partial charge on any atom is 0.259 e. The van der Waals surface area contributed by atoms with Crippen LogP contribution < -0.4 is 4.72 Å². The summed E-state index contributed by atoms with van der Waals surface area (Å²) in [6.45, 7) is 5.67. The van der Waals surface area contributed by atoms with Crippen molar-refractivity contribution >= 4 is 10.0 Å². The zero-order chi connectivity index (χ0) is 12.3. The molecule has 0 spiro atoms. The van der Waals surface area contributed by atoms with E-state index in [0.717, 1.165) is 0 Å². The molecular weight excluding hydrogens is 230 g/mol. The summed E-state index contributed by atoms with van der Waals surface area (Å²) in [5, 5.41) is 8.79. The second kappa shape index (κ2) is 4.94. The minimum atomic E-state index is -3.63. The van der Waals surface area contributed by atoms with E-state index in [0.29, 0.717) is 12.4 Å². The molecule has 2 N–H and O–H groups in total. The second-order valence-electron chi connectivity index (χ2n) is 3.62. The predicted molar refractivity (Wildman–Crippen MR) is 59.5 cm³/mol. The first kappa shape index (κ1) is 13.1. The van der Waals surface area contributed by atoms with E-state index in [1.807, 2.05) is 6.92 Å². The zero-order valence-electron chi connectivity index (χ0n) is 9.64. The van der Waals surface area contributed by atoms with Gasteiger partial charge in [-0.3, -0.25) is 0 Å². The maximum atomic E-state index is 11.8. The van der Waals surface area contributed by atoms with Gasteiger partial charge < -0.3 is 9.67 Å². The maximum absolute atomic E-state index is 11.8. The first-order chi connectivity index (χ1) is 7.40. The Labute approximate surface area is 95.4 Å². The summed E-state index contributed by atoms with van der Waals surface area (Å²) in [5.74, 6) is 0.652. The Morgan fingerprint density at radius 2 is 2.25 bits per heavy atom. The van der Waals surface area contributed by atoms with E-state index in [4.69, 9.17) is 5.11 Å². The molecule has 0 saturated heterocycles. The molecule has 1 heterocycles. The number of aliphatic hydroxyl groups excluding tert-OH is 1. The highest BCUT2D eigenvalue weighted by molar-refractivity contribution is 7.89. The average Bonchev–Trinajstić information content (AvgIpc) is 2.59. The Bertz CT molecular complexity index is 453. The number of nitrogens with zero attached hydrogens (tertiary/aromatic N) is 2. The van der Waals surface area contributed by atoms with Crippen LogP contribution in [0.2, 0.25) is 0 Å². The van der Waals surface area contributed by atoms with E-state index >= 15 is 0 Å². The highest BCUT2D eigenvalue weighted by Crippen LogP contribution is 2.09. The summed E-state index contributed by atoms with van der Waals surface area (Å²) in [5.41, 5.74) is 0. The lowest BCUT2D eigenvalue weighted by Crippen LogP contribution is -2.35. The van der Waals surface area contributed by atoms with Crippen molar-refractivity contribution in [3.8, 4) is 0 Å². The Morgan fingerprint density at radius 1 is 1.62 bits per heavy atom. The Morgan fingerprint density at radius 3 is 2.69 bits per heavy atom. The molecule has 7 heteroatoms. The molecule has 0 saturated carbocycles. The van der Waals surface area contributed by atoms with Gasteiger partial charge >= 0.3 is 0 Å². The fourth-order valence-corrected chi connectivity index (χ4v) is 2.53. The number of hydrogen-bond acceptors (Lipinski definition) is 4. The molecule has 1 rings (SSSR count). The van der Waals surface area contributed by atoms with Crippen molar-refractivity contribution in [1.82, 2.24) is 14.3 Å². The van der Waals surface area contributed by atoms with Crippen molar-refractivity contribution in [3.05, 3.63) is 12.0 Å². The molecular formula is C9H17N3O3S. The molecule has 0 aromatic carbocycles. The number of sulfonamides is 1.